The van der Waals surface area contributed by atoms with Gasteiger partial charge >= 0.3 is 0 Å². The van der Waals surface area contributed by atoms with E-state index in [1.54, 1.807) is 7.11 Å². The summed E-state index contributed by atoms with van der Waals surface area (Å²) < 4.78 is 5.20. The highest BCUT2D eigenvalue weighted by Crippen LogP contribution is 2.17. The van der Waals surface area contributed by atoms with Gasteiger partial charge in [-0.3, -0.25) is 0 Å². The van der Waals surface area contributed by atoms with Crippen molar-refractivity contribution in [3.05, 3.63) is 47.7 Å². The number of rotatable bonds is 6. The number of aromatic nitrogens is 2. The lowest BCUT2D eigenvalue weighted by Gasteiger charge is -2.33. The summed E-state index contributed by atoms with van der Waals surface area (Å²) in [4.78, 5) is 2.33. The Balaban J connectivity index is 1.47. The number of nitrogens with one attached hydrogen (secondary N) is 1. The lowest BCUT2D eigenvalue weighted by Crippen LogP contribution is -2.46. The quantitative estimate of drug-likeness (QED) is 0.884. The lowest BCUT2D eigenvalue weighted by molar-refractivity contribution is 0.414. The van der Waals surface area contributed by atoms with E-state index in [9.17, 15) is 0 Å². The van der Waals surface area contributed by atoms with Crippen molar-refractivity contribution >= 4 is 5.82 Å². The fraction of sp³-hybridized carbons (Fsp3) is 0.474. The molecule has 3 rings (SSSR count). The Morgan fingerprint density at radius 3 is 2.71 bits per heavy atom. The van der Waals surface area contributed by atoms with Gasteiger partial charge in [-0.1, -0.05) is 12.1 Å². The highest BCUT2D eigenvalue weighted by molar-refractivity contribution is 5.38. The summed E-state index contributed by atoms with van der Waals surface area (Å²) >= 11 is 0. The molecule has 1 aliphatic heterocycles. The molecule has 2 aromatic rings. The van der Waals surface area contributed by atoms with E-state index in [-0.39, 0.29) is 0 Å². The fourth-order valence-electron chi connectivity index (χ4n) is 3.13. The van der Waals surface area contributed by atoms with Gasteiger partial charge in [0.25, 0.3) is 0 Å². The summed E-state index contributed by atoms with van der Waals surface area (Å²) in [6, 6.07) is 12.9. The Bertz CT molecular complexity index is 627. The van der Waals surface area contributed by atoms with Gasteiger partial charge in [0.1, 0.15) is 5.75 Å². The maximum atomic E-state index is 5.20. The molecule has 0 unspecified atom stereocenters. The van der Waals surface area contributed by atoms with E-state index < -0.39 is 0 Å². The molecular formula is C19H26N4O. The van der Waals surface area contributed by atoms with Crippen molar-refractivity contribution in [3.8, 4) is 5.75 Å². The zero-order valence-corrected chi connectivity index (χ0v) is 14.5. The first-order valence-electron chi connectivity index (χ1n) is 8.66. The highest BCUT2D eigenvalue weighted by Gasteiger charge is 2.20. The summed E-state index contributed by atoms with van der Waals surface area (Å²) in [7, 11) is 1.70. The minimum atomic E-state index is 0.514. The van der Waals surface area contributed by atoms with E-state index in [2.05, 4.69) is 38.6 Å². The van der Waals surface area contributed by atoms with E-state index in [1.165, 1.54) is 18.4 Å². The normalized spacial score (nSPS) is 17.8. The molecule has 0 radical (unpaired) electrons. The molecule has 5 nitrogen and oxygen atoms in total. The number of anilines is 1. The maximum Gasteiger partial charge on any atom is 0.151 e. The molecule has 1 fully saturated rings. The SMILES string of the molecule is COc1ccc(CCN[C@H]2CCCN(c3ccc(C)nn3)C2)cc1. The molecule has 0 amide bonds. The minimum Gasteiger partial charge on any atom is -0.497 e. The zero-order chi connectivity index (χ0) is 16.8. The molecule has 0 saturated carbocycles. The molecule has 1 saturated heterocycles. The number of methoxy groups -OCH3 is 1. The van der Waals surface area contributed by atoms with Gasteiger partial charge in [0.2, 0.25) is 0 Å². The average molecular weight is 326 g/mol. The van der Waals surface area contributed by atoms with Crippen LogP contribution in [0.4, 0.5) is 5.82 Å². The number of hydrogen-bond acceptors (Lipinski definition) is 5. The molecule has 0 spiro atoms. The second kappa shape index (κ2) is 8.11. The Labute approximate surface area is 144 Å². The van der Waals surface area contributed by atoms with Crippen LogP contribution in [0.3, 0.4) is 0 Å². The van der Waals surface area contributed by atoms with E-state index in [0.717, 1.165) is 43.3 Å². The number of nitrogens with zero attached hydrogens (tertiary/aromatic N) is 3. The van der Waals surface area contributed by atoms with Gasteiger partial charge in [-0.2, -0.15) is 5.10 Å². The van der Waals surface area contributed by atoms with Crippen molar-refractivity contribution in [1.82, 2.24) is 15.5 Å². The van der Waals surface area contributed by atoms with Gasteiger partial charge in [-0.05, 0) is 62.6 Å². The van der Waals surface area contributed by atoms with Crippen molar-refractivity contribution in [1.29, 1.82) is 0 Å². The van der Waals surface area contributed by atoms with Crippen LogP contribution < -0.4 is 15.0 Å². The van der Waals surface area contributed by atoms with Gasteiger partial charge in [0, 0.05) is 19.1 Å². The molecule has 1 aliphatic rings. The van der Waals surface area contributed by atoms with E-state index in [0.29, 0.717) is 6.04 Å². The van der Waals surface area contributed by atoms with E-state index >= 15 is 0 Å². The van der Waals surface area contributed by atoms with Gasteiger partial charge in [-0.25, -0.2) is 0 Å². The second-order valence-corrected chi connectivity index (χ2v) is 6.37. The first-order chi connectivity index (χ1) is 11.7. The Morgan fingerprint density at radius 1 is 1.17 bits per heavy atom. The van der Waals surface area contributed by atoms with Gasteiger partial charge in [-0.15, -0.1) is 5.10 Å². The molecule has 0 aliphatic carbocycles. The standard InChI is InChI=1S/C19H26N4O/c1-15-5-10-19(22-21-15)23-13-3-4-17(14-23)20-12-11-16-6-8-18(24-2)9-7-16/h5-10,17,20H,3-4,11-14H2,1-2H3/t17-/m0/s1. The smallest absolute Gasteiger partial charge is 0.151 e. The molecule has 24 heavy (non-hydrogen) atoms. The molecule has 2 heterocycles. The Kier molecular flexibility index (Phi) is 5.64. The van der Waals surface area contributed by atoms with Crippen molar-refractivity contribution in [3.63, 3.8) is 0 Å². The van der Waals surface area contributed by atoms with Gasteiger partial charge in [0.15, 0.2) is 5.82 Å². The highest BCUT2D eigenvalue weighted by atomic mass is 16.5. The predicted octanol–water partition coefficient (Wildman–Crippen LogP) is 2.59. The first kappa shape index (κ1) is 16.7. The molecule has 0 bridgehead atoms. The number of aryl methyl sites for hydroxylation is 1. The van der Waals surface area contributed by atoms with Gasteiger partial charge < -0.3 is 15.0 Å². The van der Waals surface area contributed by atoms with Crippen LogP contribution in [0.15, 0.2) is 36.4 Å². The molecule has 1 aromatic heterocycles. The summed E-state index contributed by atoms with van der Waals surface area (Å²) in [5, 5.41) is 12.2. The van der Waals surface area contributed by atoms with Crippen molar-refractivity contribution < 1.29 is 4.74 Å². The fourth-order valence-corrected chi connectivity index (χ4v) is 3.13. The molecule has 5 heteroatoms. The van der Waals surface area contributed by atoms with E-state index in [1.807, 2.05) is 25.1 Å². The van der Waals surface area contributed by atoms with Crippen molar-refractivity contribution in [2.45, 2.75) is 32.2 Å². The third-order valence-corrected chi connectivity index (χ3v) is 4.53. The lowest BCUT2D eigenvalue weighted by atomic mass is 10.0. The van der Waals surface area contributed by atoms with Crippen LogP contribution in [0, 0.1) is 6.92 Å². The Hall–Kier alpha value is -2.14. The van der Waals surface area contributed by atoms with Crippen LogP contribution in [0.5, 0.6) is 5.75 Å². The topological polar surface area (TPSA) is 50.3 Å². The average Bonchev–Trinajstić information content (AvgIpc) is 2.63. The van der Waals surface area contributed by atoms with Crippen molar-refractivity contribution in [2.75, 3.05) is 31.6 Å². The summed E-state index contributed by atoms with van der Waals surface area (Å²) in [5.74, 6) is 1.90. The molecule has 1 aromatic carbocycles. The molecular weight excluding hydrogens is 300 g/mol. The predicted molar refractivity (Wildman–Crippen MR) is 96.7 cm³/mol. The largest absolute Gasteiger partial charge is 0.497 e. The Morgan fingerprint density at radius 2 is 2.00 bits per heavy atom. The molecule has 128 valence electrons. The summed E-state index contributed by atoms with van der Waals surface area (Å²) in [6.07, 6.45) is 3.44. The molecule has 1 N–H and O–H groups in total. The monoisotopic (exact) mass is 326 g/mol. The van der Waals surface area contributed by atoms with Crippen molar-refractivity contribution in [2.24, 2.45) is 0 Å². The molecule has 1 atom stereocenters. The summed E-state index contributed by atoms with van der Waals surface area (Å²) in [6.45, 7) is 5.02. The van der Waals surface area contributed by atoms with E-state index in [4.69, 9.17) is 4.74 Å². The second-order valence-electron chi connectivity index (χ2n) is 6.37. The number of piperidine rings is 1. The van der Waals surface area contributed by atoms with Gasteiger partial charge in [0.05, 0.1) is 12.8 Å². The van der Waals surface area contributed by atoms with Crippen LogP contribution in [-0.4, -0.2) is 43.0 Å². The number of hydrogen-bond donors (Lipinski definition) is 1. The maximum absolute atomic E-state index is 5.20. The van der Waals surface area contributed by atoms with Crippen LogP contribution in [0.2, 0.25) is 0 Å². The zero-order valence-electron chi connectivity index (χ0n) is 14.5. The third-order valence-electron chi connectivity index (χ3n) is 4.53. The summed E-state index contributed by atoms with van der Waals surface area (Å²) in [5.41, 5.74) is 2.30. The van der Waals surface area contributed by atoms with Crippen LogP contribution >= 0.6 is 0 Å². The first-order valence-corrected chi connectivity index (χ1v) is 8.66. The van der Waals surface area contributed by atoms with Crippen LogP contribution in [0.1, 0.15) is 24.1 Å². The van der Waals surface area contributed by atoms with Crippen LogP contribution in [0.25, 0.3) is 0 Å². The van der Waals surface area contributed by atoms with Crippen LogP contribution in [-0.2, 0) is 6.42 Å². The minimum absolute atomic E-state index is 0.514. The number of benzene rings is 1. The number of ether oxygens (including phenoxy) is 1. The third kappa shape index (κ3) is 4.45.